The number of aliphatic hydroxyl groups is 1. The lowest BCUT2D eigenvalue weighted by Crippen LogP contribution is -2.60. The molecule has 4 rings (SSSR count). The second-order valence-electron chi connectivity index (χ2n) is 6.86. The molecule has 4 aliphatic carbocycles. The van der Waals surface area contributed by atoms with Crippen LogP contribution in [-0.2, 0) is 0 Å². The fourth-order valence-electron chi connectivity index (χ4n) is 4.51. The van der Waals surface area contributed by atoms with Crippen molar-refractivity contribution in [1.82, 2.24) is 0 Å². The normalized spacial score (nSPS) is 49.1. The van der Waals surface area contributed by atoms with Gasteiger partial charge in [0.2, 0.25) is 0 Å². The first-order valence-electron chi connectivity index (χ1n) is 7.03. The third-order valence-electron chi connectivity index (χ3n) is 5.10. The van der Waals surface area contributed by atoms with Crippen molar-refractivity contribution in [3.05, 3.63) is 0 Å². The SMILES string of the molecule is CC(C)C(N)=N[C@H]1C2CC3CC(C2)CC1(O)C3. The first kappa shape index (κ1) is 11.5. The molecule has 0 aromatic carbocycles. The third-order valence-corrected chi connectivity index (χ3v) is 5.10. The van der Waals surface area contributed by atoms with E-state index in [9.17, 15) is 5.11 Å². The Hall–Kier alpha value is -0.570. The largest absolute Gasteiger partial charge is 0.388 e. The molecule has 2 unspecified atom stereocenters. The highest BCUT2D eigenvalue weighted by Crippen LogP contribution is 2.56. The van der Waals surface area contributed by atoms with Gasteiger partial charge in [0.1, 0.15) is 0 Å². The molecule has 0 heterocycles. The van der Waals surface area contributed by atoms with Crippen molar-refractivity contribution in [3.8, 4) is 0 Å². The van der Waals surface area contributed by atoms with Crippen LogP contribution in [0.1, 0.15) is 46.0 Å². The summed E-state index contributed by atoms with van der Waals surface area (Å²) in [4.78, 5) is 4.69. The summed E-state index contributed by atoms with van der Waals surface area (Å²) >= 11 is 0. The van der Waals surface area contributed by atoms with Crippen LogP contribution in [0.5, 0.6) is 0 Å². The smallest absolute Gasteiger partial charge is 0.0967 e. The Morgan fingerprint density at radius 1 is 1.24 bits per heavy atom. The lowest BCUT2D eigenvalue weighted by Gasteiger charge is -2.57. The van der Waals surface area contributed by atoms with Crippen LogP contribution >= 0.6 is 0 Å². The Balaban J connectivity index is 1.88. The molecule has 4 bridgehead atoms. The number of nitrogens with zero attached hydrogens (tertiary/aromatic N) is 1. The van der Waals surface area contributed by atoms with Crippen molar-refractivity contribution in [1.29, 1.82) is 0 Å². The topological polar surface area (TPSA) is 58.6 Å². The molecule has 3 N–H and O–H groups in total. The van der Waals surface area contributed by atoms with Gasteiger partial charge in [-0.3, -0.25) is 4.99 Å². The minimum Gasteiger partial charge on any atom is -0.388 e. The van der Waals surface area contributed by atoms with Crippen LogP contribution in [0.2, 0.25) is 0 Å². The molecular weight excluding hydrogens is 212 g/mol. The van der Waals surface area contributed by atoms with Crippen molar-refractivity contribution in [2.45, 2.75) is 57.6 Å². The summed E-state index contributed by atoms with van der Waals surface area (Å²) in [6.45, 7) is 4.14. The molecule has 17 heavy (non-hydrogen) atoms. The molecule has 0 aromatic heterocycles. The molecule has 4 fully saturated rings. The zero-order valence-electron chi connectivity index (χ0n) is 10.9. The van der Waals surface area contributed by atoms with E-state index in [1.807, 2.05) is 0 Å². The Kier molecular flexibility index (Phi) is 2.51. The number of hydrogen-bond donors (Lipinski definition) is 2. The summed E-state index contributed by atoms with van der Waals surface area (Å²) in [6.07, 6.45) is 5.78. The van der Waals surface area contributed by atoms with Gasteiger partial charge in [-0.15, -0.1) is 0 Å². The summed E-state index contributed by atoms with van der Waals surface area (Å²) in [5, 5.41) is 10.8. The van der Waals surface area contributed by atoms with E-state index in [2.05, 4.69) is 13.8 Å². The number of aliphatic imine (C=N–C) groups is 1. The highest BCUT2D eigenvalue weighted by molar-refractivity contribution is 5.82. The van der Waals surface area contributed by atoms with E-state index >= 15 is 0 Å². The predicted octanol–water partition coefficient (Wildman–Crippen LogP) is 1.94. The van der Waals surface area contributed by atoms with Crippen LogP contribution in [0.3, 0.4) is 0 Å². The zero-order valence-corrected chi connectivity index (χ0v) is 10.9. The molecule has 4 saturated carbocycles. The molecular formula is C14H24N2O. The third kappa shape index (κ3) is 1.79. The van der Waals surface area contributed by atoms with Crippen LogP contribution < -0.4 is 5.73 Å². The first-order chi connectivity index (χ1) is 7.98. The van der Waals surface area contributed by atoms with E-state index in [-0.39, 0.29) is 12.0 Å². The van der Waals surface area contributed by atoms with Gasteiger partial charge in [-0.25, -0.2) is 0 Å². The molecule has 0 spiro atoms. The molecule has 3 heteroatoms. The molecule has 0 saturated heterocycles. The molecule has 0 aliphatic heterocycles. The molecule has 0 radical (unpaired) electrons. The van der Waals surface area contributed by atoms with Crippen molar-refractivity contribution >= 4 is 5.84 Å². The van der Waals surface area contributed by atoms with Gasteiger partial charge < -0.3 is 10.8 Å². The van der Waals surface area contributed by atoms with Crippen LogP contribution in [0.15, 0.2) is 4.99 Å². The summed E-state index contributed by atoms with van der Waals surface area (Å²) < 4.78 is 0. The van der Waals surface area contributed by atoms with Crippen LogP contribution in [0.4, 0.5) is 0 Å². The van der Waals surface area contributed by atoms with Gasteiger partial charge in [-0.2, -0.15) is 0 Å². The van der Waals surface area contributed by atoms with E-state index in [1.165, 1.54) is 19.3 Å². The fourth-order valence-corrected chi connectivity index (χ4v) is 4.51. The number of hydrogen-bond acceptors (Lipinski definition) is 2. The lowest BCUT2D eigenvalue weighted by atomic mass is 9.52. The zero-order chi connectivity index (χ0) is 12.2. The van der Waals surface area contributed by atoms with Gasteiger partial charge in [-0.1, -0.05) is 13.8 Å². The maximum Gasteiger partial charge on any atom is 0.0967 e. The fraction of sp³-hybridized carbons (Fsp3) is 0.929. The van der Waals surface area contributed by atoms with Crippen molar-refractivity contribution in [2.75, 3.05) is 0 Å². The van der Waals surface area contributed by atoms with Crippen LogP contribution in [0.25, 0.3) is 0 Å². The van der Waals surface area contributed by atoms with E-state index in [4.69, 9.17) is 10.7 Å². The Morgan fingerprint density at radius 3 is 2.29 bits per heavy atom. The minimum absolute atomic E-state index is 0.0812. The van der Waals surface area contributed by atoms with Crippen molar-refractivity contribution in [2.24, 2.45) is 34.4 Å². The molecule has 3 atom stereocenters. The first-order valence-corrected chi connectivity index (χ1v) is 7.03. The average Bonchev–Trinajstić information content (AvgIpc) is 2.21. The molecule has 0 aromatic rings. The van der Waals surface area contributed by atoms with Gasteiger partial charge in [0, 0.05) is 5.92 Å². The molecule has 3 nitrogen and oxygen atoms in total. The second-order valence-corrected chi connectivity index (χ2v) is 6.86. The molecule has 96 valence electrons. The molecule has 0 amide bonds. The number of rotatable bonds is 2. The standard InChI is InChI=1S/C14H24N2O/c1-8(2)13(15)16-12-11-4-9-3-10(5-11)7-14(12,17)6-9/h8-12,17H,3-7H2,1-2H3,(H2,15,16)/t9?,10?,11?,12-,14?/m0/s1. The summed E-state index contributed by atoms with van der Waals surface area (Å²) in [7, 11) is 0. The van der Waals surface area contributed by atoms with Crippen LogP contribution in [-0.4, -0.2) is 22.6 Å². The summed E-state index contributed by atoms with van der Waals surface area (Å²) in [6, 6.07) is 0.0812. The Labute approximate surface area is 103 Å². The number of amidine groups is 1. The Morgan fingerprint density at radius 2 is 1.82 bits per heavy atom. The van der Waals surface area contributed by atoms with Crippen LogP contribution in [0, 0.1) is 23.7 Å². The highest BCUT2D eigenvalue weighted by Gasteiger charge is 2.56. The van der Waals surface area contributed by atoms with E-state index in [0.29, 0.717) is 5.92 Å². The summed E-state index contributed by atoms with van der Waals surface area (Å²) in [5.74, 6) is 3.10. The van der Waals surface area contributed by atoms with E-state index in [1.54, 1.807) is 0 Å². The van der Waals surface area contributed by atoms with Gasteiger partial charge in [-0.05, 0) is 49.9 Å². The predicted molar refractivity (Wildman–Crippen MR) is 68.8 cm³/mol. The monoisotopic (exact) mass is 236 g/mol. The second kappa shape index (κ2) is 3.71. The highest BCUT2D eigenvalue weighted by atomic mass is 16.3. The minimum atomic E-state index is -0.533. The van der Waals surface area contributed by atoms with E-state index < -0.39 is 5.60 Å². The van der Waals surface area contributed by atoms with Gasteiger partial charge >= 0.3 is 0 Å². The van der Waals surface area contributed by atoms with Crippen molar-refractivity contribution < 1.29 is 5.11 Å². The lowest BCUT2D eigenvalue weighted by molar-refractivity contribution is -0.139. The van der Waals surface area contributed by atoms with Gasteiger partial charge in [0.15, 0.2) is 0 Å². The van der Waals surface area contributed by atoms with Gasteiger partial charge in [0.25, 0.3) is 0 Å². The van der Waals surface area contributed by atoms with Crippen molar-refractivity contribution in [3.63, 3.8) is 0 Å². The maximum absolute atomic E-state index is 10.8. The quantitative estimate of drug-likeness (QED) is 0.568. The average molecular weight is 236 g/mol. The Bertz CT molecular complexity index is 336. The molecule has 4 aliphatic rings. The maximum atomic E-state index is 10.8. The van der Waals surface area contributed by atoms with E-state index in [0.717, 1.165) is 30.5 Å². The summed E-state index contributed by atoms with van der Waals surface area (Å²) in [5.41, 5.74) is 5.46. The van der Waals surface area contributed by atoms with Gasteiger partial charge in [0.05, 0.1) is 17.5 Å². The number of nitrogens with two attached hydrogens (primary N) is 1.